The lowest BCUT2D eigenvalue weighted by atomic mass is 10.0. The zero-order valence-electron chi connectivity index (χ0n) is 7.73. The minimum absolute atomic E-state index is 0.285. The standard InChI is InChI=1S/C11H13NO/c1-2-10-7-9-5-3-4-6-11(9)12-8-13-10/h3-6,8,10H,2,7H2,1H3. The van der Waals surface area contributed by atoms with Crippen molar-refractivity contribution in [3.8, 4) is 0 Å². The van der Waals surface area contributed by atoms with Crippen LogP contribution in [0.25, 0.3) is 0 Å². The molecule has 1 unspecified atom stereocenters. The van der Waals surface area contributed by atoms with E-state index in [-0.39, 0.29) is 6.10 Å². The van der Waals surface area contributed by atoms with E-state index in [0.717, 1.165) is 18.5 Å². The summed E-state index contributed by atoms with van der Waals surface area (Å²) in [4.78, 5) is 4.24. The van der Waals surface area contributed by atoms with Crippen LogP contribution in [0.15, 0.2) is 29.3 Å². The molecule has 1 aliphatic rings. The Balaban J connectivity index is 2.32. The van der Waals surface area contributed by atoms with Gasteiger partial charge in [-0.3, -0.25) is 0 Å². The second kappa shape index (κ2) is 3.60. The average Bonchev–Trinajstić information content (AvgIpc) is 2.38. The van der Waals surface area contributed by atoms with Gasteiger partial charge in [-0.2, -0.15) is 0 Å². The van der Waals surface area contributed by atoms with Crippen LogP contribution in [0, 0.1) is 0 Å². The molecule has 0 saturated carbocycles. The first kappa shape index (κ1) is 8.30. The lowest BCUT2D eigenvalue weighted by Gasteiger charge is -2.11. The van der Waals surface area contributed by atoms with E-state index in [1.165, 1.54) is 5.56 Å². The summed E-state index contributed by atoms with van der Waals surface area (Å²) in [6.45, 7) is 2.13. The minimum atomic E-state index is 0.285. The summed E-state index contributed by atoms with van der Waals surface area (Å²) in [7, 11) is 0. The lowest BCUT2D eigenvalue weighted by molar-refractivity contribution is 0.197. The fourth-order valence-electron chi connectivity index (χ4n) is 1.52. The van der Waals surface area contributed by atoms with Gasteiger partial charge in [-0.15, -0.1) is 0 Å². The Morgan fingerprint density at radius 1 is 1.46 bits per heavy atom. The van der Waals surface area contributed by atoms with Gasteiger partial charge in [-0.05, 0) is 18.1 Å². The Morgan fingerprint density at radius 2 is 2.31 bits per heavy atom. The van der Waals surface area contributed by atoms with Crippen molar-refractivity contribution in [2.24, 2.45) is 4.99 Å². The van der Waals surface area contributed by atoms with E-state index in [9.17, 15) is 0 Å². The highest BCUT2D eigenvalue weighted by Crippen LogP contribution is 2.23. The van der Waals surface area contributed by atoms with Gasteiger partial charge in [0, 0.05) is 6.42 Å². The van der Waals surface area contributed by atoms with Gasteiger partial charge in [0.2, 0.25) is 0 Å². The van der Waals surface area contributed by atoms with Crippen molar-refractivity contribution < 1.29 is 4.74 Å². The highest BCUT2D eigenvalue weighted by atomic mass is 16.5. The smallest absolute Gasteiger partial charge is 0.174 e. The zero-order chi connectivity index (χ0) is 9.10. The van der Waals surface area contributed by atoms with Crippen molar-refractivity contribution in [2.75, 3.05) is 0 Å². The van der Waals surface area contributed by atoms with Crippen LogP contribution in [0.1, 0.15) is 18.9 Å². The van der Waals surface area contributed by atoms with Crippen molar-refractivity contribution in [1.29, 1.82) is 0 Å². The highest BCUT2D eigenvalue weighted by Gasteiger charge is 2.12. The number of para-hydroxylation sites is 1. The fourth-order valence-corrected chi connectivity index (χ4v) is 1.52. The van der Waals surface area contributed by atoms with E-state index in [2.05, 4.69) is 18.0 Å². The number of aliphatic imine (C=N–C) groups is 1. The molecule has 1 heterocycles. The van der Waals surface area contributed by atoms with E-state index in [4.69, 9.17) is 4.74 Å². The third-order valence-electron chi connectivity index (χ3n) is 2.34. The number of hydrogen-bond donors (Lipinski definition) is 0. The number of benzene rings is 1. The van der Waals surface area contributed by atoms with Crippen LogP contribution < -0.4 is 0 Å². The molecule has 2 rings (SSSR count). The summed E-state index contributed by atoms with van der Waals surface area (Å²) in [6.07, 6.45) is 3.85. The Hall–Kier alpha value is -1.31. The summed E-state index contributed by atoms with van der Waals surface area (Å²) < 4.78 is 5.44. The van der Waals surface area contributed by atoms with Gasteiger partial charge in [0.05, 0.1) is 5.69 Å². The molecular formula is C11H13NO. The molecule has 0 saturated heterocycles. The molecule has 2 heteroatoms. The van der Waals surface area contributed by atoms with E-state index in [1.807, 2.05) is 18.2 Å². The second-order valence-corrected chi connectivity index (χ2v) is 3.23. The Bertz CT molecular complexity index is 320. The molecule has 0 N–H and O–H groups in total. The average molecular weight is 175 g/mol. The zero-order valence-corrected chi connectivity index (χ0v) is 7.73. The molecule has 1 aromatic carbocycles. The van der Waals surface area contributed by atoms with Gasteiger partial charge in [-0.25, -0.2) is 4.99 Å². The molecule has 1 atom stereocenters. The first-order valence-electron chi connectivity index (χ1n) is 4.66. The normalized spacial score (nSPS) is 20.2. The highest BCUT2D eigenvalue weighted by molar-refractivity contribution is 5.60. The molecule has 1 aromatic rings. The van der Waals surface area contributed by atoms with Crippen LogP contribution >= 0.6 is 0 Å². The molecule has 13 heavy (non-hydrogen) atoms. The van der Waals surface area contributed by atoms with Crippen LogP contribution in [0.4, 0.5) is 5.69 Å². The van der Waals surface area contributed by atoms with E-state index in [1.54, 1.807) is 6.40 Å². The minimum Gasteiger partial charge on any atom is -0.480 e. The van der Waals surface area contributed by atoms with E-state index < -0.39 is 0 Å². The largest absolute Gasteiger partial charge is 0.480 e. The first-order valence-corrected chi connectivity index (χ1v) is 4.66. The van der Waals surface area contributed by atoms with Crippen molar-refractivity contribution in [3.63, 3.8) is 0 Å². The Labute approximate surface area is 78.3 Å². The van der Waals surface area contributed by atoms with Crippen LogP contribution in [-0.4, -0.2) is 12.5 Å². The van der Waals surface area contributed by atoms with Crippen LogP contribution in [0.3, 0.4) is 0 Å². The number of rotatable bonds is 1. The van der Waals surface area contributed by atoms with Crippen molar-refractivity contribution >= 4 is 12.1 Å². The van der Waals surface area contributed by atoms with Crippen molar-refractivity contribution in [2.45, 2.75) is 25.9 Å². The van der Waals surface area contributed by atoms with Gasteiger partial charge in [0.15, 0.2) is 6.40 Å². The molecule has 0 bridgehead atoms. The number of hydrogen-bond acceptors (Lipinski definition) is 2. The number of ether oxygens (including phenoxy) is 1. The number of nitrogens with zero attached hydrogens (tertiary/aromatic N) is 1. The molecule has 1 aliphatic heterocycles. The van der Waals surface area contributed by atoms with Gasteiger partial charge in [0.1, 0.15) is 6.10 Å². The molecule has 0 amide bonds. The maximum absolute atomic E-state index is 5.44. The Morgan fingerprint density at radius 3 is 3.15 bits per heavy atom. The third-order valence-corrected chi connectivity index (χ3v) is 2.34. The summed E-state index contributed by atoms with van der Waals surface area (Å²) in [5.41, 5.74) is 2.32. The third kappa shape index (κ3) is 1.72. The summed E-state index contributed by atoms with van der Waals surface area (Å²) >= 11 is 0. The van der Waals surface area contributed by atoms with Gasteiger partial charge in [-0.1, -0.05) is 25.1 Å². The predicted octanol–water partition coefficient (Wildman–Crippen LogP) is 2.70. The van der Waals surface area contributed by atoms with E-state index in [0.29, 0.717) is 0 Å². The van der Waals surface area contributed by atoms with E-state index >= 15 is 0 Å². The van der Waals surface area contributed by atoms with Crippen LogP contribution in [-0.2, 0) is 11.2 Å². The second-order valence-electron chi connectivity index (χ2n) is 3.23. The molecular weight excluding hydrogens is 162 g/mol. The summed E-state index contributed by atoms with van der Waals surface area (Å²) in [5.74, 6) is 0. The summed E-state index contributed by atoms with van der Waals surface area (Å²) in [5, 5.41) is 0. The quantitative estimate of drug-likeness (QED) is 0.643. The SMILES string of the molecule is CCC1Cc2ccccc2N=CO1. The Kier molecular flexibility index (Phi) is 2.30. The van der Waals surface area contributed by atoms with Crippen molar-refractivity contribution in [1.82, 2.24) is 0 Å². The maximum Gasteiger partial charge on any atom is 0.174 e. The first-order chi connectivity index (χ1) is 6.40. The number of fused-ring (bicyclic) bond motifs is 1. The molecule has 0 fully saturated rings. The van der Waals surface area contributed by atoms with Gasteiger partial charge in [0.25, 0.3) is 0 Å². The molecule has 68 valence electrons. The fraction of sp³-hybridized carbons (Fsp3) is 0.364. The lowest BCUT2D eigenvalue weighted by Crippen LogP contribution is -2.12. The maximum atomic E-state index is 5.44. The molecule has 0 radical (unpaired) electrons. The molecule has 0 spiro atoms. The van der Waals surface area contributed by atoms with Gasteiger partial charge < -0.3 is 4.74 Å². The molecule has 2 nitrogen and oxygen atoms in total. The topological polar surface area (TPSA) is 21.6 Å². The van der Waals surface area contributed by atoms with Gasteiger partial charge >= 0.3 is 0 Å². The summed E-state index contributed by atoms with van der Waals surface area (Å²) in [6, 6.07) is 8.19. The van der Waals surface area contributed by atoms with Crippen molar-refractivity contribution in [3.05, 3.63) is 29.8 Å². The molecule has 0 aromatic heterocycles. The van der Waals surface area contributed by atoms with Crippen LogP contribution in [0.5, 0.6) is 0 Å². The molecule has 0 aliphatic carbocycles. The predicted molar refractivity (Wildman–Crippen MR) is 53.5 cm³/mol. The van der Waals surface area contributed by atoms with Crippen LogP contribution in [0.2, 0.25) is 0 Å². The monoisotopic (exact) mass is 175 g/mol.